The topological polar surface area (TPSA) is 476 Å². The maximum absolute atomic E-state index is 15.1. The number of carboxylic acids is 2. The number of hydrogen-bond donors (Lipinski definition) is 15. The summed E-state index contributed by atoms with van der Waals surface area (Å²) in [5, 5.41) is 57.2. The van der Waals surface area contributed by atoms with Crippen LogP contribution in [0.15, 0.2) is 23.4 Å². The minimum atomic E-state index is -1.71. The zero-order chi connectivity index (χ0) is 67.7. The Morgan fingerprint density at radius 1 is 0.772 bits per heavy atom. The number of amides is 10. The molecule has 92 heavy (non-hydrogen) atoms. The number of carbonyl (C=O) groups excluding carboxylic acids is 10. The van der Waals surface area contributed by atoms with Gasteiger partial charge in [-0.1, -0.05) is 31.5 Å². The highest BCUT2D eigenvalue weighted by atomic mass is 32.2. The molecule has 17 N–H and O–H groups in total. The summed E-state index contributed by atoms with van der Waals surface area (Å²) in [7, 11) is 0. The van der Waals surface area contributed by atoms with E-state index in [1.54, 1.807) is 18.7 Å². The minimum absolute atomic E-state index is 0.00511. The van der Waals surface area contributed by atoms with Crippen molar-refractivity contribution in [3.8, 4) is 5.75 Å². The highest BCUT2D eigenvalue weighted by molar-refractivity contribution is 7.99. The third-order valence-electron chi connectivity index (χ3n) is 15.1. The van der Waals surface area contributed by atoms with Crippen molar-refractivity contribution in [3.05, 3.63) is 29.3 Å². The number of nitrogens with one attached hydrogen (secondary N) is 11. The van der Waals surface area contributed by atoms with Gasteiger partial charge < -0.3 is 89.3 Å². The highest BCUT2D eigenvalue weighted by Gasteiger charge is 2.38. The summed E-state index contributed by atoms with van der Waals surface area (Å²) >= 11 is 3.96. The van der Waals surface area contributed by atoms with Crippen LogP contribution < -0.4 is 69.4 Å². The Bertz CT molecular complexity index is 2750. The van der Waals surface area contributed by atoms with Gasteiger partial charge in [0.15, 0.2) is 5.96 Å². The number of thioether (sulfide) groups is 3. The molecule has 0 radical (unpaired) electrons. The second-order valence-corrected chi connectivity index (χ2v) is 25.6. The van der Waals surface area contributed by atoms with Crippen LogP contribution in [0.1, 0.15) is 115 Å². The fourth-order valence-corrected chi connectivity index (χ4v) is 12.4. The first kappa shape index (κ1) is 76.9. The molecule has 10 atom stereocenters. The molecular formula is C58H91N15O16S3. The second kappa shape index (κ2) is 41.1. The van der Waals surface area contributed by atoms with Crippen LogP contribution in [0.4, 0.5) is 0 Å². The molecule has 31 nitrogen and oxygen atoms in total. The lowest BCUT2D eigenvalue weighted by Crippen LogP contribution is -2.60. The summed E-state index contributed by atoms with van der Waals surface area (Å²) in [5.74, 6) is -10.6. The fraction of sp³-hybridized carbons (Fsp3) is 0.655. The van der Waals surface area contributed by atoms with E-state index in [1.165, 1.54) is 42.2 Å². The molecule has 0 spiro atoms. The Balaban J connectivity index is 1.80. The molecule has 4 rings (SSSR count). The Hall–Kier alpha value is -7.59. The molecule has 34 heteroatoms. The van der Waals surface area contributed by atoms with Crippen molar-refractivity contribution in [1.82, 2.24) is 58.1 Å². The van der Waals surface area contributed by atoms with Crippen LogP contribution in [-0.4, -0.2) is 216 Å². The number of guanidine groups is 1. The number of primary amides is 1. The van der Waals surface area contributed by atoms with Gasteiger partial charge in [-0.25, -0.2) is 0 Å². The lowest BCUT2D eigenvalue weighted by atomic mass is 9.97. The van der Waals surface area contributed by atoms with Crippen LogP contribution >= 0.6 is 35.3 Å². The van der Waals surface area contributed by atoms with E-state index in [2.05, 4.69) is 58.3 Å². The summed E-state index contributed by atoms with van der Waals surface area (Å²) < 4.78 is 6.26. The predicted octanol–water partition coefficient (Wildman–Crippen LogP) is -1.51. The van der Waals surface area contributed by atoms with Gasteiger partial charge in [0.25, 0.3) is 5.91 Å². The molecule has 3 aliphatic heterocycles. The number of fused-ring (bicyclic) bond motifs is 6. The zero-order valence-electron chi connectivity index (χ0n) is 52.4. The molecule has 0 aromatic heterocycles. The van der Waals surface area contributed by atoms with Gasteiger partial charge in [0, 0.05) is 55.1 Å². The van der Waals surface area contributed by atoms with Crippen LogP contribution in [0.25, 0.3) is 0 Å². The SMILES string of the molecule is CC[C@H](C)[C@@H]1NC(=O)[C@H](CC(=O)O)NC(=O)[C@H](CCSC)NC[C@@H]2CCCN2C(=O)[C@@H]2CSCc3cc(cc(c3)OCCCCCCO/N=C/C(=O)N[C@@H](CCCNC(=N)N)C(=O)N2)CSC[C@@H](C(N)=O)NC(=O)[C@H](CCC(=O)O)NC(=O)CNC(=O)[C@H](C)NC1=O. The molecule has 3 heterocycles. The smallest absolute Gasteiger partial charge is 0.305 e. The van der Waals surface area contributed by atoms with Gasteiger partial charge in [0.1, 0.15) is 60.9 Å². The van der Waals surface area contributed by atoms with Gasteiger partial charge in [0.05, 0.1) is 25.6 Å². The van der Waals surface area contributed by atoms with Gasteiger partial charge in [-0.2, -0.15) is 35.3 Å². The summed E-state index contributed by atoms with van der Waals surface area (Å²) in [5.41, 5.74) is 12.8. The van der Waals surface area contributed by atoms with E-state index < -0.39 is 157 Å². The van der Waals surface area contributed by atoms with Crippen molar-refractivity contribution in [2.45, 2.75) is 170 Å². The molecule has 10 amide bonds. The van der Waals surface area contributed by atoms with Crippen molar-refractivity contribution in [2.24, 2.45) is 22.5 Å². The number of carboxylic acid groups (broad SMARTS) is 2. The third kappa shape index (κ3) is 28.1. The quantitative estimate of drug-likeness (QED) is 0.0539. The molecule has 3 aliphatic rings. The number of nitrogens with two attached hydrogens (primary N) is 2. The monoisotopic (exact) mass is 1350 g/mol. The highest BCUT2D eigenvalue weighted by Crippen LogP contribution is 2.27. The Morgan fingerprint density at radius 3 is 2.10 bits per heavy atom. The van der Waals surface area contributed by atoms with Crippen LogP contribution in [0.5, 0.6) is 5.75 Å². The van der Waals surface area contributed by atoms with Gasteiger partial charge >= 0.3 is 11.9 Å². The molecule has 1 aromatic carbocycles. The molecular weight excluding hydrogens is 1260 g/mol. The lowest BCUT2D eigenvalue weighted by Gasteiger charge is -2.31. The van der Waals surface area contributed by atoms with Crippen molar-refractivity contribution >= 4 is 118 Å². The third-order valence-corrected chi connectivity index (χ3v) is 18.0. The maximum Gasteiger partial charge on any atom is 0.305 e. The number of carbonyl (C=O) groups is 12. The maximum atomic E-state index is 15.1. The van der Waals surface area contributed by atoms with Crippen LogP contribution in [0.2, 0.25) is 0 Å². The lowest BCUT2D eigenvalue weighted by molar-refractivity contribution is -0.141. The van der Waals surface area contributed by atoms with E-state index in [-0.39, 0.29) is 74.5 Å². The van der Waals surface area contributed by atoms with E-state index in [1.807, 2.05) is 24.5 Å². The second-order valence-electron chi connectivity index (χ2n) is 22.5. The van der Waals surface area contributed by atoms with Crippen molar-refractivity contribution in [1.29, 1.82) is 5.41 Å². The van der Waals surface area contributed by atoms with Gasteiger partial charge in [-0.05, 0) is 112 Å². The van der Waals surface area contributed by atoms with E-state index in [0.717, 1.165) is 30.2 Å². The number of nitrogens with zero attached hydrogens (tertiary/aromatic N) is 2. The minimum Gasteiger partial charge on any atom is -0.494 e. The molecule has 512 valence electrons. The average molecular weight is 1350 g/mol. The van der Waals surface area contributed by atoms with Crippen LogP contribution in [-0.2, 0) is 73.9 Å². The van der Waals surface area contributed by atoms with Crippen LogP contribution in [0.3, 0.4) is 0 Å². The first-order chi connectivity index (χ1) is 43.9. The van der Waals surface area contributed by atoms with Gasteiger partial charge in [-0.15, -0.1) is 0 Å². The molecule has 1 fully saturated rings. The van der Waals surface area contributed by atoms with Crippen molar-refractivity contribution < 1.29 is 77.3 Å². The Morgan fingerprint density at radius 2 is 1.43 bits per heavy atom. The van der Waals surface area contributed by atoms with Crippen molar-refractivity contribution in [3.63, 3.8) is 0 Å². The van der Waals surface area contributed by atoms with E-state index in [0.29, 0.717) is 50.2 Å². The zero-order valence-corrected chi connectivity index (χ0v) is 54.9. The summed E-state index contributed by atoms with van der Waals surface area (Å²) in [6.45, 7) is 4.89. The molecule has 0 saturated carbocycles. The first-order valence-corrected chi connectivity index (χ1v) is 34.4. The van der Waals surface area contributed by atoms with E-state index in [9.17, 15) is 63.0 Å². The standard InChI is InChI=1S/C58H91N15O16S3/c1-5-33(2)49-56(86)66-34(3)51(81)64-27-45(74)68-41(14-15-47(76)77)54(84)70-43(50(59)80)31-91-29-35-22-36-24-38(23-35)88-19-8-6-7-9-20-89-65-28-46(75)67-40(13-10-17-62-58(60)61)53(83)71-44(32-92-30-36)57(87)73-18-11-12-37(73)26-63-39(16-21-90-4)52(82)69-42(25-48(78)79)55(85)72-49/h22-24,28,33-34,37,39-44,49,63H,5-21,25-27,29-32H2,1-4H3,(H2,59,80)(H,64,81)(H,66,86)(H,67,75)(H,68,74)(H,69,82)(H,70,84)(H,71,83)(H,72,85)(H,76,77)(H,78,79)(H4,60,61,62)/b65-28+/t33-,34-,37-,39-,40-,41-,42-,43-,44-,49-/m0/s1. The predicted molar refractivity (Wildman–Crippen MR) is 346 cm³/mol. The Kier molecular flexibility index (Phi) is 34.3. The molecule has 0 unspecified atom stereocenters. The molecule has 1 saturated heterocycles. The normalized spacial score (nSPS) is 25.7. The van der Waals surface area contributed by atoms with Gasteiger partial charge in [0.2, 0.25) is 53.2 Å². The number of ether oxygens (including phenoxy) is 1. The average Bonchev–Trinajstić information content (AvgIpc) is 2.05. The first-order valence-electron chi connectivity index (χ1n) is 30.7. The number of rotatable bonds is 15. The van der Waals surface area contributed by atoms with Gasteiger partial charge in [-0.3, -0.25) is 62.9 Å². The number of aliphatic carboxylic acids is 2. The fourth-order valence-electron chi connectivity index (χ4n) is 9.90. The van der Waals surface area contributed by atoms with E-state index >= 15 is 4.79 Å². The summed E-state index contributed by atoms with van der Waals surface area (Å²) in [6, 6.07) is -5.73. The largest absolute Gasteiger partial charge is 0.494 e. The number of benzene rings is 1. The molecule has 0 aliphatic carbocycles. The molecule has 4 bridgehead atoms. The number of oxime groups is 1. The van der Waals surface area contributed by atoms with Crippen molar-refractivity contribution in [2.75, 3.05) is 62.9 Å². The summed E-state index contributed by atoms with van der Waals surface area (Å²) in [6.07, 6.45) is 5.42. The van der Waals surface area contributed by atoms with E-state index in [4.69, 9.17) is 26.5 Å². The Labute approximate surface area is 547 Å². The van der Waals surface area contributed by atoms with Crippen LogP contribution in [0, 0.1) is 11.3 Å². The molecule has 1 aromatic rings. The number of hydrogen-bond acceptors (Lipinski definition) is 20. The summed E-state index contributed by atoms with van der Waals surface area (Å²) in [4.78, 5) is 169.